The van der Waals surface area contributed by atoms with Gasteiger partial charge in [0.15, 0.2) is 5.16 Å². The van der Waals surface area contributed by atoms with Crippen LogP contribution >= 0.6 is 11.8 Å². The fourth-order valence-electron chi connectivity index (χ4n) is 1.39. The van der Waals surface area contributed by atoms with Crippen LogP contribution in [-0.2, 0) is 10.0 Å². The molecule has 0 aliphatic heterocycles. The van der Waals surface area contributed by atoms with Crippen molar-refractivity contribution in [3.8, 4) is 0 Å². The first-order valence-corrected chi connectivity index (χ1v) is 7.75. The Labute approximate surface area is 115 Å². The largest absolute Gasteiger partial charge is 0.398 e. The van der Waals surface area contributed by atoms with Gasteiger partial charge in [-0.1, -0.05) is 6.92 Å². The van der Waals surface area contributed by atoms with Crippen LogP contribution in [0.15, 0.2) is 39.5 Å². The van der Waals surface area contributed by atoms with Gasteiger partial charge in [-0.05, 0) is 30.0 Å². The maximum Gasteiger partial charge on any atom is 0.240 e. The van der Waals surface area contributed by atoms with Crippen molar-refractivity contribution in [1.82, 2.24) is 19.9 Å². The summed E-state index contributed by atoms with van der Waals surface area (Å²) < 4.78 is 26.2. The molecule has 0 saturated carbocycles. The summed E-state index contributed by atoms with van der Waals surface area (Å²) in [6.45, 7) is 2.05. The molecular formula is C10H13N5O2S2. The Morgan fingerprint density at radius 1 is 1.47 bits per heavy atom. The van der Waals surface area contributed by atoms with Crippen LogP contribution in [0, 0.1) is 0 Å². The van der Waals surface area contributed by atoms with E-state index in [1.807, 2.05) is 0 Å². The Bertz CT molecular complexity index is 655. The fraction of sp³-hybridized carbons (Fsp3) is 0.200. The number of aromatic amines is 1. The van der Waals surface area contributed by atoms with Crippen LogP contribution in [-0.4, -0.2) is 30.1 Å². The lowest BCUT2D eigenvalue weighted by atomic mass is 10.3. The number of sulfonamides is 1. The first-order valence-electron chi connectivity index (χ1n) is 5.45. The highest BCUT2D eigenvalue weighted by atomic mass is 32.2. The van der Waals surface area contributed by atoms with Crippen molar-refractivity contribution in [3.05, 3.63) is 24.5 Å². The Morgan fingerprint density at radius 3 is 2.89 bits per heavy atom. The summed E-state index contributed by atoms with van der Waals surface area (Å²) in [5.74, 6) is 0. The number of benzene rings is 1. The fourth-order valence-corrected chi connectivity index (χ4v) is 3.31. The average Bonchev–Trinajstić information content (AvgIpc) is 2.84. The second-order valence-electron chi connectivity index (χ2n) is 3.59. The maximum absolute atomic E-state index is 11.9. The molecule has 0 unspecified atom stereocenters. The van der Waals surface area contributed by atoms with Gasteiger partial charge in [-0.15, -0.1) is 0 Å². The lowest BCUT2D eigenvalue weighted by Crippen LogP contribution is -2.23. The van der Waals surface area contributed by atoms with Crippen LogP contribution < -0.4 is 10.5 Å². The molecule has 0 aliphatic rings. The van der Waals surface area contributed by atoms with Crippen molar-refractivity contribution in [3.63, 3.8) is 0 Å². The molecule has 19 heavy (non-hydrogen) atoms. The predicted molar refractivity (Wildman–Crippen MR) is 72.2 cm³/mol. The van der Waals surface area contributed by atoms with E-state index in [1.54, 1.807) is 13.0 Å². The molecular weight excluding hydrogens is 286 g/mol. The van der Waals surface area contributed by atoms with E-state index >= 15 is 0 Å². The number of aromatic nitrogens is 3. The molecule has 0 atom stereocenters. The van der Waals surface area contributed by atoms with Gasteiger partial charge in [-0.2, -0.15) is 5.10 Å². The van der Waals surface area contributed by atoms with Crippen molar-refractivity contribution in [1.29, 1.82) is 0 Å². The van der Waals surface area contributed by atoms with Gasteiger partial charge in [0.05, 0.1) is 4.90 Å². The maximum atomic E-state index is 11.9. The third-order valence-electron chi connectivity index (χ3n) is 2.23. The number of anilines is 1. The molecule has 7 nitrogen and oxygen atoms in total. The van der Waals surface area contributed by atoms with Crippen molar-refractivity contribution in [2.45, 2.75) is 21.9 Å². The van der Waals surface area contributed by atoms with Gasteiger partial charge < -0.3 is 5.73 Å². The van der Waals surface area contributed by atoms with Gasteiger partial charge in [0.2, 0.25) is 10.0 Å². The zero-order chi connectivity index (χ0) is 13.9. The molecule has 0 saturated heterocycles. The molecule has 0 fully saturated rings. The van der Waals surface area contributed by atoms with E-state index < -0.39 is 10.0 Å². The number of nitrogens with two attached hydrogens (primary N) is 1. The molecule has 0 amide bonds. The monoisotopic (exact) mass is 299 g/mol. The number of H-pyrrole nitrogens is 1. The number of hydrogen-bond donors (Lipinski definition) is 3. The van der Waals surface area contributed by atoms with Crippen LogP contribution in [0.5, 0.6) is 0 Å². The Morgan fingerprint density at radius 2 is 2.26 bits per heavy atom. The van der Waals surface area contributed by atoms with Gasteiger partial charge in [0, 0.05) is 17.1 Å². The van der Waals surface area contributed by atoms with E-state index in [9.17, 15) is 8.42 Å². The standard InChI is InChI=1S/C10H13N5O2S2/c1-2-14-19(16,17)7-3-4-8(11)9(5-7)18-10-12-6-13-15-10/h3-6,14H,2,11H2,1H3,(H,12,13,15). The summed E-state index contributed by atoms with van der Waals surface area (Å²) in [6.07, 6.45) is 1.37. The zero-order valence-electron chi connectivity index (χ0n) is 10.1. The highest BCUT2D eigenvalue weighted by Crippen LogP contribution is 2.31. The SMILES string of the molecule is CCNS(=O)(=O)c1ccc(N)c(Sc2ncn[nH]2)c1. The number of rotatable bonds is 5. The Kier molecular flexibility index (Phi) is 4.08. The molecule has 102 valence electrons. The van der Waals surface area contributed by atoms with E-state index in [0.717, 1.165) is 0 Å². The molecule has 1 aromatic carbocycles. The normalized spacial score (nSPS) is 11.6. The van der Waals surface area contributed by atoms with Crippen LogP contribution in [0.2, 0.25) is 0 Å². The molecule has 0 bridgehead atoms. The first kappa shape index (κ1) is 13.8. The smallest absolute Gasteiger partial charge is 0.240 e. The van der Waals surface area contributed by atoms with Gasteiger partial charge in [-0.25, -0.2) is 18.1 Å². The predicted octanol–water partition coefficient (Wildman–Crippen LogP) is 0.836. The average molecular weight is 299 g/mol. The molecule has 4 N–H and O–H groups in total. The summed E-state index contributed by atoms with van der Waals surface area (Å²) in [5, 5.41) is 6.94. The van der Waals surface area contributed by atoms with Gasteiger partial charge in [0.1, 0.15) is 6.33 Å². The van der Waals surface area contributed by atoms with E-state index in [-0.39, 0.29) is 4.90 Å². The lowest BCUT2D eigenvalue weighted by molar-refractivity contribution is 0.583. The van der Waals surface area contributed by atoms with E-state index in [2.05, 4.69) is 19.9 Å². The van der Waals surface area contributed by atoms with E-state index in [4.69, 9.17) is 5.73 Å². The van der Waals surface area contributed by atoms with Crippen LogP contribution in [0.25, 0.3) is 0 Å². The van der Waals surface area contributed by atoms with Crippen LogP contribution in [0.4, 0.5) is 5.69 Å². The highest BCUT2D eigenvalue weighted by molar-refractivity contribution is 7.99. The minimum Gasteiger partial charge on any atom is -0.398 e. The van der Waals surface area contributed by atoms with E-state index in [0.29, 0.717) is 22.3 Å². The molecule has 2 aromatic rings. The lowest BCUT2D eigenvalue weighted by Gasteiger charge is -2.08. The second-order valence-corrected chi connectivity index (χ2v) is 6.39. The number of nitrogens with one attached hydrogen (secondary N) is 2. The number of nitrogen functional groups attached to an aromatic ring is 1. The molecule has 2 rings (SSSR count). The zero-order valence-corrected chi connectivity index (χ0v) is 11.8. The highest BCUT2D eigenvalue weighted by Gasteiger charge is 2.15. The van der Waals surface area contributed by atoms with Gasteiger partial charge >= 0.3 is 0 Å². The first-order chi connectivity index (χ1) is 9.03. The van der Waals surface area contributed by atoms with E-state index in [1.165, 1.54) is 30.2 Å². The molecule has 9 heteroatoms. The van der Waals surface area contributed by atoms with Crippen molar-refractivity contribution < 1.29 is 8.42 Å². The minimum atomic E-state index is -3.49. The summed E-state index contributed by atoms with van der Waals surface area (Å²) in [5.41, 5.74) is 6.31. The topological polar surface area (TPSA) is 114 Å². The van der Waals surface area contributed by atoms with Crippen LogP contribution in [0.3, 0.4) is 0 Å². The third kappa shape index (κ3) is 3.25. The summed E-state index contributed by atoms with van der Waals surface area (Å²) in [4.78, 5) is 4.74. The summed E-state index contributed by atoms with van der Waals surface area (Å²) in [7, 11) is -3.49. The van der Waals surface area contributed by atoms with Crippen molar-refractivity contribution in [2.24, 2.45) is 0 Å². The molecule has 1 heterocycles. The van der Waals surface area contributed by atoms with Crippen molar-refractivity contribution in [2.75, 3.05) is 12.3 Å². The molecule has 1 aromatic heterocycles. The number of nitrogens with zero attached hydrogens (tertiary/aromatic N) is 2. The Balaban J connectivity index is 2.35. The summed E-state index contributed by atoms with van der Waals surface area (Å²) >= 11 is 1.22. The van der Waals surface area contributed by atoms with Crippen molar-refractivity contribution >= 4 is 27.5 Å². The quantitative estimate of drug-likeness (QED) is 0.705. The molecule has 0 aliphatic carbocycles. The second kappa shape index (κ2) is 5.59. The molecule has 0 radical (unpaired) electrons. The third-order valence-corrected chi connectivity index (χ3v) is 4.74. The minimum absolute atomic E-state index is 0.172. The van der Waals surface area contributed by atoms with Gasteiger partial charge in [0.25, 0.3) is 0 Å². The Hall–Kier alpha value is -1.58. The van der Waals surface area contributed by atoms with Crippen LogP contribution in [0.1, 0.15) is 6.92 Å². The number of hydrogen-bond acceptors (Lipinski definition) is 6. The summed E-state index contributed by atoms with van der Waals surface area (Å²) in [6, 6.07) is 4.54. The van der Waals surface area contributed by atoms with Gasteiger partial charge in [-0.3, -0.25) is 5.10 Å². The molecule has 0 spiro atoms.